The van der Waals surface area contributed by atoms with E-state index in [0.29, 0.717) is 0 Å². The largest absolute Gasteiger partial charge is 2.00 e. The van der Waals surface area contributed by atoms with Gasteiger partial charge in [0.25, 0.3) is 0 Å². The molecular formula is C24H28N2NiO8+4. The van der Waals surface area contributed by atoms with E-state index in [1.54, 1.807) is 49.1 Å². The first-order valence-corrected chi connectivity index (χ1v) is 8.98. The van der Waals surface area contributed by atoms with E-state index in [2.05, 4.69) is 9.97 Å². The minimum atomic E-state index is -1.16. The van der Waals surface area contributed by atoms with Gasteiger partial charge in [0.15, 0.2) is 0 Å². The van der Waals surface area contributed by atoms with Crippen molar-refractivity contribution in [3.8, 4) is 22.3 Å². The molecule has 2 heterocycles. The molecule has 0 spiro atoms. The number of nitrogens with zero attached hydrogens (tertiary/aromatic N) is 2. The first-order valence-electron chi connectivity index (χ1n) is 8.98. The van der Waals surface area contributed by atoms with E-state index in [9.17, 15) is 19.8 Å². The monoisotopic (exact) mass is 530 g/mol. The summed E-state index contributed by atoms with van der Waals surface area (Å²) in [5.74, 6) is -2.32. The van der Waals surface area contributed by atoms with E-state index in [0.717, 1.165) is 22.3 Å². The SMILES string of the molecule is O=C([O-])c1cccc(-c2ccncc2)c1.O=C([O-])c1cccc(-c2ccncc2)c1.[Ni+2].[OH3+].[OH3+].[OH3+].[OH3+]. The van der Waals surface area contributed by atoms with Crippen molar-refractivity contribution >= 4 is 11.9 Å². The third-order valence-electron chi connectivity index (χ3n) is 4.22. The van der Waals surface area contributed by atoms with Crippen molar-refractivity contribution in [3.05, 3.63) is 109 Å². The minimum Gasteiger partial charge on any atom is -0.545 e. The maximum absolute atomic E-state index is 10.7. The molecule has 0 aliphatic heterocycles. The average Bonchev–Trinajstić information content (AvgIpc) is 2.81. The summed E-state index contributed by atoms with van der Waals surface area (Å²) < 4.78 is 0. The van der Waals surface area contributed by atoms with Gasteiger partial charge in [0.05, 0.1) is 11.9 Å². The fourth-order valence-electron chi connectivity index (χ4n) is 2.74. The third-order valence-corrected chi connectivity index (χ3v) is 4.22. The molecule has 0 unspecified atom stereocenters. The Bertz CT molecular complexity index is 1070. The molecule has 188 valence electrons. The van der Waals surface area contributed by atoms with Crippen LogP contribution in [0.1, 0.15) is 20.7 Å². The van der Waals surface area contributed by atoms with E-state index in [4.69, 9.17) is 0 Å². The van der Waals surface area contributed by atoms with Crippen molar-refractivity contribution in [1.82, 2.24) is 9.97 Å². The van der Waals surface area contributed by atoms with E-state index in [1.807, 2.05) is 36.4 Å². The number of carboxylic acids is 2. The van der Waals surface area contributed by atoms with Crippen LogP contribution in [0.4, 0.5) is 0 Å². The van der Waals surface area contributed by atoms with Crippen molar-refractivity contribution in [2.75, 3.05) is 0 Å². The predicted octanol–water partition coefficient (Wildman–Crippen LogP) is -1.47. The van der Waals surface area contributed by atoms with Crippen LogP contribution < -0.4 is 10.2 Å². The van der Waals surface area contributed by atoms with Crippen molar-refractivity contribution < 1.29 is 58.2 Å². The number of aromatic nitrogens is 2. The zero-order valence-corrected chi connectivity index (χ0v) is 19.4. The molecule has 0 fully saturated rings. The van der Waals surface area contributed by atoms with E-state index < -0.39 is 11.9 Å². The fraction of sp³-hybridized carbons (Fsp3) is 0. The summed E-state index contributed by atoms with van der Waals surface area (Å²) >= 11 is 0. The molecule has 0 bridgehead atoms. The molecule has 11 heteroatoms. The molecule has 0 saturated carbocycles. The molecule has 0 atom stereocenters. The normalized spacial score (nSPS) is 8.46. The molecule has 4 rings (SSSR count). The van der Waals surface area contributed by atoms with Gasteiger partial charge in [-0.05, 0) is 69.8 Å². The van der Waals surface area contributed by atoms with Gasteiger partial charge >= 0.3 is 16.5 Å². The van der Waals surface area contributed by atoms with Gasteiger partial charge in [-0.2, -0.15) is 0 Å². The first-order chi connectivity index (χ1) is 14.5. The van der Waals surface area contributed by atoms with Gasteiger partial charge in [0.2, 0.25) is 0 Å². The van der Waals surface area contributed by atoms with Gasteiger partial charge in [0, 0.05) is 24.8 Å². The summed E-state index contributed by atoms with van der Waals surface area (Å²) in [5.41, 5.74) is 3.94. The minimum absolute atomic E-state index is 0. The van der Waals surface area contributed by atoms with Crippen LogP contribution in [0.2, 0.25) is 0 Å². The van der Waals surface area contributed by atoms with Crippen LogP contribution >= 0.6 is 0 Å². The summed E-state index contributed by atoms with van der Waals surface area (Å²) in [6, 6.07) is 20.6. The Labute approximate surface area is 211 Å². The Morgan fingerprint density at radius 1 is 0.514 bits per heavy atom. The Balaban J connectivity index is -0.000000512. The Morgan fingerprint density at radius 3 is 1.11 bits per heavy atom. The number of carbonyl (C=O) groups is 2. The fourth-order valence-corrected chi connectivity index (χ4v) is 2.74. The van der Waals surface area contributed by atoms with Crippen LogP contribution in [0.3, 0.4) is 0 Å². The summed E-state index contributed by atoms with van der Waals surface area (Å²) in [7, 11) is 0. The molecule has 0 amide bonds. The second kappa shape index (κ2) is 17.5. The third kappa shape index (κ3) is 10.2. The number of pyridine rings is 2. The van der Waals surface area contributed by atoms with Crippen molar-refractivity contribution in [2.24, 2.45) is 0 Å². The summed E-state index contributed by atoms with van der Waals surface area (Å²) in [6.07, 6.45) is 6.67. The Morgan fingerprint density at radius 2 is 0.829 bits per heavy atom. The maximum Gasteiger partial charge on any atom is 2.00 e. The molecule has 10 nitrogen and oxygen atoms in total. The standard InChI is InChI=1S/2C12H9NO2.Ni.4H2O/c2*14-12(15)11-3-1-2-10(8-11)9-4-6-13-7-5-9;;;;;/h2*1-8H,(H,14,15);;4*1H2/q;;+2;;;;/p+2. The number of aromatic carboxylic acids is 2. The number of carbonyl (C=O) groups excluding carboxylic acids is 2. The van der Waals surface area contributed by atoms with Crippen LogP contribution in [0, 0.1) is 0 Å². The van der Waals surface area contributed by atoms with Crippen LogP contribution in [0.25, 0.3) is 22.3 Å². The number of hydrogen-bond acceptors (Lipinski definition) is 6. The molecule has 0 radical (unpaired) electrons. The smallest absolute Gasteiger partial charge is 0.545 e. The summed E-state index contributed by atoms with van der Waals surface area (Å²) in [5, 5.41) is 21.3. The second-order valence-corrected chi connectivity index (χ2v) is 6.21. The number of hydrogen-bond donors (Lipinski definition) is 0. The molecule has 0 aliphatic carbocycles. The van der Waals surface area contributed by atoms with Gasteiger partial charge in [-0.1, -0.05) is 36.4 Å². The predicted molar refractivity (Wildman–Crippen MR) is 127 cm³/mol. The molecule has 35 heavy (non-hydrogen) atoms. The molecule has 0 aliphatic rings. The summed E-state index contributed by atoms with van der Waals surface area (Å²) in [4.78, 5) is 29.1. The van der Waals surface area contributed by atoms with Gasteiger partial charge in [-0.3, -0.25) is 9.97 Å². The average molecular weight is 531 g/mol. The van der Waals surface area contributed by atoms with Crippen molar-refractivity contribution in [1.29, 1.82) is 0 Å². The van der Waals surface area contributed by atoms with Gasteiger partial charge in [-0.15, -0.1) is 0 Å². The molecular weight excluding hydrogens is 503 g/mol. The van der Waals surface area contributed by atoms with E-state index in [-0.39, 0.29) is 49.5 Å². The van der Waals surface area contributed by atoms with Crippen molar-refractivity contribution in [2.45, 2.75) is 0 Å². The Hall–Kier alpha value is -3.99. The van der Waals surface area contributed by atoms with Crippen LogP contribution in [0.15, 0.2) is 97.6 Å². The van der Waals surface area contributed by atoms with Crippen LogP contribution in [0.5, 0.6) is 0 Å². The first kappa shape index (κ1) is 35.6. The van der Waals surface area contributed by atoms with Crippen molar-refractivity contribution in [3.63, 3.8) is 0 Å². The van der Waals surface area contributed by atoms with Gasteiger partial charge < -0.3 is 41.7 Å². The quantitative estimate of drug-likeness (QED) is 0.225. The molecule has 4 aromatic rings. The molecule has 12 N–H and O–H groups in total. The zero-order valence-electron chi connectivity index (χ0n) is 18.4. The summed E-state index contributed by atoms with van der Waals surface area (Å²) in [6.45, 7) is 0. The number of benzene rings is 2. The Kier molecular flexibility index (Phi) is 17.8. The topological polar surface area (TPSA) is 238 Å². The zero-order chi connectivity index (χ0) is 21.3. The van der Waals surface area contributed by atoms with Gasteiger partial charge in [0.1, 0.15) is 0 Å². The number of rotatable bonds is 4. The van der Waals surface area contributed by atoms with Gasteiger partial charge in [-0.25, -0.2) is 0 Å². The molecule has 0 saturated heterocycles. The van der Waals surface area contributed by atoms with Crippen LogP contribution in [-0.2, 0) is 38.4 Å². The van der Waals surface area contributed by atoms with Crippen LogP contribution in [-0.4, -0.2) is 21.9 Å². The van der Waals surface area contributed by atoms with E-state index in [1.165, 1.54) is 12.1 Å². The maximum atomic E-state index is 10.7. The molecule has 2 aromatic heterocycles. The number of carboxylic acid groups (broad SMARTS) is 2. The molecule has 2 aromatic carbocycles. The second-order valence-electron chi connectivity index (χ2n) is 6.21. The van der Waals surface area contributed by atoms with E-state index >= 15 is 0 Å².